The number of quaternary nitrogens is 1. The first kappa shape index (κ1) is 83.2. The topological polar surface area (TPSA) is 111 Å². The van der Waals surface area contributed by atoms with Gasteiger partial charge in [0.1, 0.15) is 19.3 Å². The molecule has 0 saturated heterocycles. The Morgan fingerprint density at radius 1 is 0.407 bits per heavy atom. The number of carbonyl (C=O) groups excluding carboxylic acids is 2. The minimum atomic E-state index is -4.46. The Bertz CT molecular complexity index is 1750. The van der Waals surface area contributed by atoms with Crippen molar-refractivity contribution in [3.8, 4) is 0 Å². The zero-order chi connectivity index (χ0) is 62.8. The fourth-order valence-corrected chi connectivity index (χ4v) is 11.2. The van der Waals surface area contributed by atoms with E-state index in [9.17, 15) is 19.0 Å². The number of nitrogens with one attached hydrogen (secondary N) is 1. The molecule has 1 amide bonds. The number of hydrogen-bond donors (Lipinski definition) is 2. The molecule has 500 valence electrons. The summed E-state index contributed by atoms with van der Waals surface area (Å²) in [7, 11) is 1.49. The Hall–Kier alpha value is -2.81. The third-order valence-electron chi connectivity index (χ3n) is 16.1. The highest BCUT2D eigenvalue weighted by Crippen LogP contribution is 2.43. The van der Waals surface area contributed by atoms with E-state index in [0.717, 1.165) is 96.3 Å². The first-order valence-corrected chi connectivity index (χ1v) is 37.9. The van der Waals surface area contributed by atoms with Crippen molar-refractivity contribution in [2.75, 3.05) is 40.9 Å². The lowest BCUT2D eigenvalue weighted by atomic mass is 10.0. The van der Waals surface area contributed by atoms with E-state index < -0.39 is 20.0 Å². The van der Waals surface area contributed by atoms with Crippen molar-refractivity contribution in [2.45, 2.75) is 348 Å². The Balaban J connectivity index is 5.03. The normalized spacial score (nSPS) is 14.0. The van der Waals surface area contributed by atoms with Crippen molar-refractivity contribution in [3.05, 3.63) is 85.1 Å². The van der Waals surface area contributed by atoms with E-state index in [4.69, 9.17) is 13.8 Å². The third kappa shape index (κ3) is 65.6. The number of nitrogens with zero attached hydrogens (tertiary/aromatic N) is 1. The molecule has 0 saturated carbocycles. The van der Waals surface area contributed by atoms with Crippen LogP contribution < -0.4 is 5.32 Å². The van der Waals surface area contributed by atoms with Crippen LogP contribution in [0.5, 0.6) is 0 Å². The SMILES string of the molecule is CCCCC/C=C\C/C=C\C/C=C\CCCCCCCCCCCCCCCCC(=O)OC(/C=C\CCCCCCCCCCCC)C(COP(=O)(O)OCC[N+](C)(C)C)NC(=O)CCCCCCCCCC/C=C\C/C=C\C/C=C\CCCCC. The number of allylic oxidation sites excluding steroid dienone is 13. The van der Waals surface area contributed by atoms with Crippen LogP contribution >= 0.6 is 7.82 Å². The number of likely N-dealkylation sites (N-methyl/N-ethyl adjacent to an activating group) is 1. The van der Waals surface area contributed by atoms with E-state index in [1.165, 1.54) is 205 Å². The molecule has 0 rings (SSSR count). The first-order chi connectivity index (χ1) is 41.9. The van der Waals surface area contributed by atoms with Crippen molar-refractivity contribution < 1.29 is 37.3 Å². The number of amides is 1. The van der Waals surface area contributed by atoms with E-state index in [2.05, 4.69) is 99.0 Å². The molecular weight excluding hydrogens is 1080 g/mol. The van der Waals surface area contributed by atoms with Crippen molar-refractivity contribution in [1.82, 2.24) is 5.32 Å². The predicted molar refractivity (Wildman–Crippen MR) is 374 cm³/mol. The highest BCUT2D eigenvalue weighted by Gasteiger charge is 2.30. The predicted octanol–water partition coefficient (Wildman–Crippen LogP) is 23.3. The van der Waals surface area contributed by atoms with Gasteiger partial charge in [0.05, 0.1) is 33.8 Å². The second-order valence-corrected chi connectivity index (χ2v) is 27.2. The average Bonchev–Trinajstić information content (AvgIpc) is 3.65. The molecule has 86 heavy (non-hydrogen) atoms. The summed E-state index contributed by atoms with van der Waals surface area (Å²) < 4.78 is 30.8. The quantitative estimate of drug-likeness (QED) is 0.0205. The van der Waals surface area contributed by atoms with Crippen molar-refractivity contribution in [2.24, 2.45) is 0 Å². The Labute approximate surface area is 533 Å². The highest BCUT2D eigenvalue weighted by atomic mass is 31.2. The molecule has 3 unspecified atom stereocenters. The molecule has 10 heteroatoms. The second kappa shape index (κ2) is 65.2. The van der Waals surface area contributed by atoms with Gasteiger partial charge in [-0.1, -0.05) is 299 Å². The summed E-state index contributed by atoms with van der Waals surface area (Å²) in [5, 5.41) is 3.07. The summed E-state index contributed by atoms with van der Waals surface area (Å²) >= 11 is 0. The molecule has 0 bridgehead atoms. The molecule has 0 aliphatic heterocycles. The Morgan fingerprint density at radius 3 is 1.08 bits per heavy atom. The maximum Gasteiger partial charge on any atom is 0.472 e. The van der Waals surface area contributed by atoms with Crippen LogP contribution in [0, 0.1) is 0 Å². The van der Waals surface area contributed by atoms with Gasteiger partial charge in [-0.15, -0.1) is 0 Å². The summed E-state index contributed by atoms with van der Waals surface area (Å²) in [5.41, 5.74) is 0. The van der Waals surface area contributed by atoms with E-state index in [1.807, 2.05) is 33.3 Å². The van der Waals surface area contributed by atoms with Gasteiger partial charge >= 0.3 is 13.8 Å². The van der Waals surface area contributed by atoms with E-state index >= 15 is 0 Å². The van der Waals surface area contributed by atoms with Crippen molar-refractivity contribution >= 4 is 19.7 Å². The average molecular weight is 1220 g/mol. The molecule has 0 spiro atoms. The summed E-state index contributed by atoms with van der Waals surface area (Å²) in [4.78, 5) is 37.9. The van der Waals surface area contributed by atoms with Crippen LogP contribution in [0.25, 0.3) is 0 Å². The number of ether oxygens (including phenoxy) is 1. The second-order valence-electron chi connectivity index (χ2n) is 25.8. The van der Waals surface area contributed by atoms with Gasteiger partial charge in [-0.25, -0.2) is 4.57 Å². The van der Waals surface area contributed by atoms with E-state index in [-0.39, 0.29) is 31.5 Å². The molecule has 0 aliphatic rings. The monoisotopic (exact) mass is 1220 g/mol. The Morgan fingerprint density at radius 2 is 0.709 bits per heavy atom. The van der Waals surface area contributed by atoms with Gasteiger partial charge in [0.15, 0.2) is 0 Å². The number of carbonyl (C=O) groups is 2. The molecule has 0 aromatic heterocycles. The number of hydrogen-bond acceptors (Lipinski definition) is 6. The molecule has 2 N–H and O–H groups in total. The lowest BCUT2D eigenvalue weighted by molar-refractivity contribution is -0.870. The maximum absolute atomic E-state index is 13.6. The minimum Gasteiger partial charge on any atom is -0.456 e. The van der Waals surface area contributed by atoms with Gasteiger partial charge in [-0.2, -0.15) is 0 Å². The summed E-state index contributed by atoms with van der Waals surface area (Å²) in [5.74, 6) is -0.506. The van der Waals surface area contributed by atoms with Gasteiger partial charge in [0, 0.05) is 12.8 Å². The number of phosphoric ester groups is 1. The molecule has 0 heterocycles. The van der Waals surface area contributed by atoms with Crippen LogP contribution in [0.4, 0.5) is 0 Å². The smallest absolute Gasteiger partial charge is 0.456 e. The summed E-state index contributed by atoms with van der Waals surface area (Å²) in [6.07, 6.45) is 87.4. The summed E-state index contributed by atoms with van der Waals surface area (Å²) in [6.45, 7) is 6.98. The van der Waals surface area contributed by atoms with E-state index in [1.54, 1.807) is 0 Å². The van der Waals surface area contributed by atoms with Gasteiger partial charge in [0.2, 0.25) is 5.91 Å². The molecule has 9 nitrogen and oxygen atoms in total. The number of rotatable bonds is 66. The largest absolute Gasteiger partial charge is 0.472 e. The third-order valence-corrected chi connectivity index (χ3v) is 17.0. The first-order valence-electron chi connectivity index (χ1n) is 36.4. The zero-order valence-electron chi connectivity index (χ0n) is 57.3. The molecule has 3 atom stereocenters. The number of unbranched alkanes of at least 4 members (excludes halogenated alkanes) is 38. The van der Waals surface area contributed by atoms with Gasteiger partial charge in [-0.05, 0) is 109 Å². The number of esters is 1. The molecule has 0 aliphatic carbocycles. The van der Waals surface area contributed by atoms with Crippen LogP contribution in [0.15, 0.2) is 85.1 Å². The highest BCUT2D eigenvalue weighted by molar-refractivity contribution is 7.47. The molecule has 0 radical (unpaired) electrons. The summed E-state index contributed by atoms with van der Waals surface area (Å²) in [6, 6.07) is -0.857. The molecule has 0 fully saturated rings. The molecule has 0 aromatic carbocycles. The fourth-order valence-electron chi connectivity index (χ4n) is 10.4. The minimum absolute atomic E-state index is 0.0366. The van der Waals surface area contributed by atoms with Crippen LogP contribution in [0.3, 0.4) is 0 Å². The molecular formula is C76H140N2O7P+. The zero-order valence-corrected chi connectivity index (χ0v) is 58.2. The Kier molecular flexibility index (Phi) is 63.0. The van der Waals surface area contributed by atoms with Crippen LogP contribution in [0.2, 0.25) is 0 Å². The lowest BCUT2D eigenvalue weighted by Gasteiger charge is -2.27. The van der Waals surface area contributed by atoms with Crippen LogP contribution in [0.1, 0.15) is 335 Å². The van der Waals surface area contributed by atoms with Crippen LogP contribution in [-0.4, -0.2) is 74.3 Å². The lowest BCUT2D eigenvalue weighted by Crippen LogP contribution is -2.47. The fraction of sp³-hybridized carbons (Fsp3) is 0.789. The number of phosphoric acid groups is 1. The van der Waals surface area contributed by atoms with Crippen molar-refractivity contribution in [3.63, 3.8) is 0 Å². The van der Waals surface area contributed by atoms with E-state index in [0.29, 0.717) is 17.4 Å². The maximum atomic E-state index is 13.6. The van der Waals surface area contributed by atoms with Crippen LogP contribution in [-0.2, 0) is 27.9 Å². The van der Waals surface area contributed by atoms with Gasteiger partial charge < -0.3 is 19.4 Å². The molecule has 0 aromatic rings. The van der Waals surface area contributed by atoms with Gasteiger partial charge in [-0.3, -0.25) is 18.6 Å². The standard InChI is InChI=1S/C76H139N2O7P/c1-7-10-13-16-19-22-25-28-30-32-34-36-37-38-39-40-41-43-45-47-49-51-54-57-60-63-66-69-76(80)85-74(67-64-61-58-55-52-27-24-21-18-15-12-9-3)73(72-84-86(81,82)83-71-70-78(4,5)6)77-75(79)68-65-62-59-56-53-50-48-46-44-42-35-33-31-29-26-23-20-17-14-11-8-2/h19-20,22-23,28-31,34-36,42,64,67,73-74H,7-18,21,24-27,32-33,37-41,43-63,65-66,68-72H2,1-6H3,(H-,77,79,81,82)/p+1/b22-19-,23-20-,30-28-,31-29-,36-34-,42-35-,67-64-. The van der Waals surface area contributed by atoms with Gasteiger partial charge in [0.25, 0.3) is 0 Å². The van der Waals surface area contributed by atoms with Crippen molar-refractivity contribution in [1.29, 1.82) is 0 Å².